The summed E-state index contributed by atoms with van der Waals surface area (Å²) in [5, 5.41) is 3.45. The molecule has 1 aromatic heterocycles. The van der Waals surface area contributed by atoms with E-state index in [1.807, 2.05) is 36.4 Å². The number of nitrogens with zero attached hydrogens (tertiary/aromatic N) is 1. The smallest absolute Gasteiger partial charge is 0.159 e. The molecule has 1 N–H and O–H groups in total. The highest BCUT2D eigenvalue weighted by Crippen LogP contribution is 2.33. The zero-order chi connectivity index (χ0) is 19.3. The Morgan fingerprint density at radius 3 is 2.68 bits per heavy atom. The molecule has 2 heterocycles. The molecule has 1 aliphatic rings. The van der Waals surface area contributed by atoms with Crippen LogP contribution in [-0.4, -0.2) is 23.9 Å². The SMILES string of the molecule is CC(=O)c1ccc(OCc2ccccn2)c(-c2ccc3c(c2)CCNCC3)c1. The maximum Gasteiger partial charge on any atom is 0.159 e. The molecule has 4 heteroatoms. The van der Waals surface area contributed by atoms with Gasteiger partial charge in [0, 0.05) is 17.3 Å². The Kier molecular flexibility index (Phi) is 5.49. The topological polar surface area (TPSA) is 51.2 Å². The Morgan fingerprint density at radius 1 is 1.04 bits per heavy atom. The fraction of sp³-hybridized carbons (Fsp3) is 0.250. The van der Waals surface area contributed by atoms with Crippen LogP contribution in [0.3, 0.4) is 0 Å². The fourth-order valence-electron chi connectivity index (χ4n) is 3.58. The van der Waals surface area contributed by atoms with Gasteiger partial charge < -0.3 is 10.1 Å². The van der Waals surface area contributed by atoms with Crippen LogP contribution in [-0.2, 0) is 19.4 Å². The van der Waals surface area contributed by atoms with E-state index in [4.69, 9.17) is 4.74 Å². The summed E-state index contributed by atoms with van der Waals surface area (Å²) in [6.45, 7) is 4.00. The molecule has 0 saturated carbocycles. The lowest BCUT2D eigenvalue weighted by Crippen LogP contribution is -2.16. The van der Waals surface area contributed by atoms with Crippen molar-refractivity contribution >= 4 is 5.78 Å². The van der Waals surface area contributed by atoms with E-state index in [2.05, 4.69) is 28.5 Å². The molecule has 142 valence electrons. The zero-order valence-electron chi connectivity index (χ0n) is 16.1. The number of carbonyl (C=O) groups excluding carboxylic acids is 1. The van der Waals surface area contributed by atoms with E-state index in [-0.39, 0.29) is 5.78 Å². The number of nitrogens with one attached hydrogen (secondary N) is 1. The van der Waals surface area contributed by atoms with Gasteiger partial charge >= 0.3 is 0 Å². The third kappa shape index (κ3) is 4.12. The monoisotopic (exact) mass is 372 g/mol. The van der Waals surface area contributed by atoms with Gasteiger partial charge in [-0.3, -0.25) is 9.78 Å². The van der Waals surface area contributed by atoms with Crippen molar-refractivity contribution in [3.05, 3.63) is 83.2 Å². The number of ether oxygens (including phenoxy) is 1. The highest BCUT2D eigenvalue weighted by Gasteiger charge is 2.14. The molecule has 0 unspecified atom stereocenters. The molecular weight excluding hydrogens is 348 g/mol. The van der Waals surface area contributed by atoms with Gasteiger partial charge in [0.05, 0.1) is 5.69 Å². The second kappa shape index (κ2) is 8.36. The van der Waals surface area contributed by atoms with Crippen molar-refractivity contribution in [1.29, 1.82) is 0 Å². The first-order valence-corrected chi connectivity index (χ1v) is 9.71. The fourth-order valence-corrected chi connectivity index (χ4v) is 3.58. The third-order valence-electron chi connectivity index (χ3n) is 5.15. The lowest BCUT2D eigenvalue weighted by Gasteiger charge is -2.15. The minimum atomic E-state index is 0.0523. The molecule has 0 radical (unpaired) electrons. The first-order valence-electron chi connectivity index (χ1n) is 9.71. The molecule has 3 aromatic rings. The Hall–Kier alpha value is -2.98. The summed E-state index contributed by atoms with van der Waals surface area (Å²) in [4.78, 5) is 16.3. The van der Waals surface area contributed by atoms with Crippen LogP contribution in [0.5, 0.6) is 5.75 Å². The van der Waals surface area contributed by atoms with E-state index in [0.717, 1.165) is 48.5 Å². The molecule has 1 aliphatic heterocycles. The van der Waals surface area contributed by atoms with Crippen molar-refractivity contribution in [2.75, 3.05) is 13.1 Å². The minimum absolute atomic E-state index is 0.0523. The van der Waals surface area contributed by atoms with Crippen LogP contribution in [0.15, 0.2) is 60.8 Å². The van der Waals surface area contributed by atoms with Gasteiger partial charge in [-0.25, -0.2) is 0 Å². The molecule has 4 rings (SSSR count). The number of fused-ring (bicyclic) bond motifs is 1. The average molecular weight is 372 g/mol. The molecule has 0 atom stereocenters. The van der Waals surface area contributed by atoms with E-state index in [9.17, 15) is 4.79 Å². The lowest BCUT2D eigenvalue weighted by atomic mass is 9.94. The Balaban J connectivity index is 1.70. The van der Waals surface area contributed by atoms with Crippen molar-refractivity contribution in [3.63, 3.8) is 0 Å². The molecule has 0 saturated heterocycles. The number of carbonyl (C=O) groups is 1. The van der Waals surface area contributed by atoms with Crippen molar-refractivity contribution in [2.24, 2.45) is 0 Å². The van der Waals surface area contributed by atoms with Crippen molar-refractivity contribution in [1.82, 2.24) is 10.3 Å². The van der Waals surface area contributed by atoms with Crippen molar-refractivity contribution < 1.29 is 9.53 Å². The molecule has 0 spiro atoms. The first kappa shape index (κ1) is 18.4. The second-order valence-electron chi connectivity index (χ2n) is 7.11. The summed E-state index contributed by atoms with van der Waals surface area (Å²) in [7, 11) is 0. The Bertz CT molecular complexity index is 983. The summed E-state index contributed by atoms with van der Waals surface area (Å²) < 4.78 is 6.09. The van der Waals surface area contributed by atoms with Crippen molar-refractivity contribution in [2.45, 2.75) is 26.4 Å². The number of hydrogen-bond acceptors (Lipinski definition) is 4. The van der Waals surface area contributed by atoms with Crippen LogP contribution < -0.4 is 10.1 Å². The average Bonchev–Trinajstić information content (AvgIpc) is 2.97. The van der Waals surface area contributed by atoms with Gasteiger partial charge in [0.15, 0.2) is 5.78 Å². The summed E-state index contributed by atoms with van der Waals surface area (Å²) in [6.07, 6.45) is 3.82. The normalized spacial score (nSPS) is 13.5. The van der Waals surface area contributed by atoms with Gasteiger partial charge in [-0.2, -0.15) is 0 Å². The van der Waals surface area contributed by atoms with Crippen LogP contribution >= 0.6 is 0 Å². The van der Waals surface area contributed by atoms with E-state index >= 15 is 0 Å². The lowest BCUT2D eigenvalue weighted by molar-refractivity contribution is 0.101. The standard InChI is InChI=1S/C24H24N2O2/c1-17(27)19-7-8-24(28-16-22-4-2-3-11-26-22)23(15-19)21-6-5-18-9-12-25-13-10-20(18)14-21/h2-8,11,14-15,25H,9-10,12-13,16H2,1H3. The largest absolute Gasteiger partial charge is 0.487 e. The van der Waals surface area contributed by atoms with Crippen molar-refractivity contribution in [3.8, 4) is 16.9 Å². The number of rotatable bonds is 5. The molecule has 0 bridgehead atoms. The van der Waals surface area contributed by atoms with E-state index in [1.165, 1.54) is 11.1 Å². The van der Waals surface area contributed by atoms with E-state index < -0.39 is 0 Å². The van der Waals surface area contributed by atoms with Gasteiger partial charge in [-0.15, -0.1) is 0 Å². The van der Waals surface area contributed by atoms with Crippen LogP contribution in [0, 0.1) is 0 Å². The van der Waals surface area contributed by atoms with Crippen LogP contribution in [0.4, 0.5) is 0 Å². The van der Waals surface area contributed by atoms with Gasteiger partial charge in [-0.05, 0) is 79.9 Å². The summed E-state index contributed by atoms with van der Waals surface area (Å²) in [6, 6.07) is 18.0. The number of hydrogen-bond donors (Lipinski definition) is 1. The predicted octanol–water partition coefficient (Wildman–Crippen LogP) is 4.22. The maximum atomic E-state index is 11.9. The highest BCUT2D eigenvalue weighted by molar-refractivity contribution is 5.96. The molecular formula is C24H24N2O2. The summed E-state index contributed by atoms with van der Waals surface area (Å²) in [5.74, 6) is 0.818. The Morgan fingerprint density at radius 2 is 1.89 bits per heavy atom. The number of benzene rings is 2. The molecule has 28 heavy (non-hydrogen) atoms. The Labute approximate surface area is 165 Å². The van der Waals surface area contributed by atoms with Gasteiger partial charge in [0.2, 0.25) is 0 Å². The summed E-state index contributed by atoms with van der Waals surface area (Å²) >= 11 is 0. The quantitative estimate of drug-likeness (QED) is 0.682. The number of Topliss-reactive ketones (excluding diaryl/α,β-unsaturated/α-hetero) is 1. The van der Waals surface area contributed by atoms with Crippen LogP contribution in [0.2, 0.25) is 0 Å². The predicted molar refractivity (Wildman–Crippen MR) is 111 cm³/mol. The van der Waals surface area contributed by atoms with Gasteiger partial charge in [0.25, 0.3) is 0 Å². The number of aromatic nitrogens is 1. The zero-order valence-corrected chi connectivity index (χ0v) is 16.1. The highest BCUT2D eigenvalue weighted by atomic mass is 16.5. The molecule has 0 aliphatic carbocycles. The van der Waals surface area contributed by atoms with E-state index in [1.54, 1.807) is 13.1 Å². The van der Waals surface area contributed by atoms with Crippen LogP contribution in [0.1, 0.15) is 34.1 Å². The van der Waals surface area contributed by atoms with Crippen LogP contribution in [0.25, 0.3) is 11.1 Å². The third-order valence-corrected chi connectivity index (χ3v) is 5.15. The second-order valence-corrected chi connectivity index (χ2v) is 7.11. The van der Waals surface area contributed by atoms with Gasteiger partial charge in [-0.1, -0.05) is 24.3 Å². The van der Waals surface area contributed by atoms with E-state index in [0.29, 0.717) is 12.2 Å². The molecule has 0 amide bonds. The van der Waals surface area contributed by atoms with Gasteiger partial charge in [0.1, 0.15) is 12.4 Å². The minimum Gasteiger partial charge on any atom is -0.487 e. The number of ketones is 1. The molecule has 0 fully saturated rings. The molecule has 4 nitrogen and oxygen atoms in total. The summed E-state index contributed by atoms with van der Waals surface area (Å²) in [5.41, 5.74) is 6.36. The molecule has 2 aromatic carbocycles. The number of pyridine rings is 1. The first-order chi connectivity index (χ1) is 13.7. The maximum absolute atomic E-state index is 11.9.